The van der Waals surface area contributed by atoms with Gasteiger partial charge >= 0.3 is 0 Å². The number of rotatable bonds is 6. The molecule has 2 nitrogen and oxygen atoms in total. The predicted molar refractivity (Wildman–Crippen MR) is 73.3 cm³/mol. The van der Waals surface area contributed by atoms with Crippen molar-refractivity contribution in [2.24, 2.45) is 0 Å². The lowest BCUT2D eigenvalue weighted by atomic mass is 10.1. The van der Waals surface area contributed by atoms with Crippen molar-refractivity contribution in [2.45, 2.75) is 38.1 Å². The lowest BCUT2D eigenvalue weighted by Crippen LogP contribution is -2.50. The standard InChI is InChI=1S/C13H26N2S/c1-16-11-4-2-3-7-14-9-10-15-8-5-6-13(15)12-14/h13H,2-12H2,1H3. The summed E-state index contributed by atoms with van der Waals surface area (Å²) in [5, 5.41) is 0. The average Bonchev–Trinajstić information content (AvgIpc) is 2.76. The van der Waals surface area contributed by atoms with Crippen LogP contribution in [0.5, 0.6) is 0 Å². The molecule has 0 spiro atoms. The summed E-state index contributed by atoms with van der Waals surface area (Å²) in [5.74, 6) is 1.34. The minimum atomic E-state index is 0.903. The minimum absolute atomic E-state index is 0.903. The van der Waals surface area contributed by atoms with Gasteiger partial charge < -0.3 is 4.90 Å². The summed E-state index contributed by atoms with van der Waals surface area (Å²) in [7, 11) is 0. The molecule has 1 atom stereocenters. The van der Waals surface area contributed by atoms with Crippen molar-refractivity contribution in [3.05, 3.63) is 0 Å². The van der Waals surface area contributed by atoms with Crippen LogP contribution in [-0.4, -0.2) is 60.6 Å². The minimum Gasteiger partial charge on any atom is -0.301 e. The molecule has 3 heteroatoms. The van der Waals surface area contributed by atoms with E-state index in [4.69, 9.17) is 0 Å². The van der Waals surface area contributed by atoms with Crippen molar-refractivity contribution >= 4 is 11.8 Å². The summed E-state index contributed by atoms with van der Waals surface area (Å²) in [5.41, 5.74) is 0. The number of unbranched alkanes of at least 4 members (excludes halogenated alkanes) is 2. The number of thioether (sulfide) groups is 1. The van der Waals surface area contributed by atoms with Gasteiger partial charge in [-0.2, -0.15) is 11.8 Å². The van der Waals surface area contributed by atoms with Crippen LogP contribution in [0.1, 0.15) is 32.1 Å². The lowest BCUT2D eigenvalue weighted by Gasteiger charge is -2.37. The first-order chi connectivity index (χ1) is 7.90. The van der Waals surface area contributed by atoms with Gasteiger partial charge in [0.25, 0.3) is 0 Å². The average molecular weight is 242 g/mol. The Labute approximate surface area is 105 Å². The maximum atomic E-state index is 2.70. The molecule has 0 amide bonds. The van der Waals surface area contributed by atoms with Crippen molar-refractivity contribution in [1.82, 2.24) is 9.80 Å². The SMILES string of the molecule is CSCCCCCN1CCN2CCCC2C1. The molecule has 0 N–H and O–H groups in total. The summed E-state index contributed by atoms with van der Waals surface area (Å²) >= 11 is 1.98. The van der Waals surface area contributed by atoms with E-state index < -0.39 is 0 Å². The number of fused-ring (bicyclic) bond motifs is 1. The van der Waals surface area contributed by atoms with E-state index in [-0.39, 0.29) is 0 Å². The Kier molecular flexibility index (Phi) is 5.46. The van der Waals surface area contributed by atoms with Gasteiger partial charge in [0.1, 0.15) is 0 Å². The van der Waals surface area contributed by atoms with E-state index in [0.717, 1.165) is 6.04 Å². The predicted octanol–water partition coefficient (Wildman–Crippen LogP) is 2.30. The van der Waals surface area contributed by atoms with Crippen LogP contribution in [0.15, 0.2) is 0 Å². The van der Waals surface area contributed by atoms with E-state index in [1.54, 1.807) is 0 Å². The highest BCUT2D eigenvalue weighted by molar-refractivity contribution is 7.98. The molecular formula is C13H26N2S. The maximum absolute atomic E-state index is 2.70. The summed E-state index contributed by atoms with van der Waals surface area (Å²) in [4.78, 5) is 5.40. The van der Waals surface area contributed by atoms with Gasteiger partial charge in [-0.3, -0.25) is 4.90 Å². The van der Waals surface area contributed by atoms with Crippen LogP contribution < -0.4 is 0 Å². The van der Waals surface area contributed by atoms with Crippen molar-refractivity contribution in [3.8, 4) is 0 Å². The first-order valence-electron chi connectivity index (χ1n) is 6.85. The number of piperazine rings is 1. The number of hydrogen-bond donors (Lipinski definition) is 0. The van der Waals surface area contributed by atoms with Gasteiger partial charge in [-0.25, -0.2) is 0 Å². The van der Waals surface area contributed by atoms with E-state index in [2.05, 4.69) is 16.1 Å². The summed E-state index contributed by atoms with van der Waals surface area (Å²) < 4.78 is 0. The first-order valence-corrected chi connectivity index (χ1v) is 8.25. The third-order valence-corrected chi connectivity index (χ3v) is 4.69. The van der Waals surface area contributed by atoms with Crippen LogP contribution in [0.2, 0.25) is 0 Å². The molecular weight excluding hydrogens is 216 g/mol. The summed E-state index contributed by atoms with van der Waals surface area (Å²) in [6.07, 6.45) is 9.33. The fourth-order valence-electron chi connectivity index (χ4n) is 3.02. The van der Waals surface area contributed by atoms with Gasteiger partial charge in [-0.15, -0.1) is 0 Å². The maximum Gasteiger partial charge on any atom is 0.0224 e. The van der Waals surface area contributed by atoms with Crippen LogP contribution in [0, 0.1) is 0 Å². The molecule has 0 aliphatic carbocycles. The second-order valence-electron chi connectivity index (χ2n) is 5.19. The van der Waals surface area contributed by atoms with Crippen LogP contribution in [0.3, 0.4) is 0 Å². The summed E-state index contributed by atoms with van der Waals surface area (Å²) in [6.45, 7) is 6.71. The van der Waals surface area contributed by atoms with Crippen molar-refractivity contribution < 1.29 is 0 Å². The molecule has 2 heterocycles. The van der Waals surface area contributed by atoms with E-state index in [9.17, 15) is 0 Å². The molecule has 0 aromatic rings. The van der Waals surface area contributed by atoms with Gasteiger partial charge in [-0.1, -0.05) is 6.42 Å². The fourth-order valence-corrected chi connectivity index (χ4v) is 3.51. The highest BCUT2D eigenvalue weighted by Gasteiger charge is 2.29. The molecule has 2 aliphatic rings. The second-order valence-corrected chi connectivity index (χ2v) is 6.17. The van der Waals surface area contributed by atoms with E-state index in [0.29, 0.717) is 0 Å². The Morgan fingerprint density at radius 3 is 2.94 bits per heavy atom. The Hall–Kier alpha value is 0.270. The molecule has 2 fully saturated rings. The zero-order valence-electron chi connectivity index (χ0n) is 10.7. The molecule has 0 bridgehead atoms. The quantitative estimate of drug-likeness (QED) is 0.660. The molecule has 2 saturated heterocycles. The molecule has 0 aromatic heterocycles. The third kappa shape index (κ3) is 3.64. The molecule has 0 radical (unpaired) electrons. The van der Waals surface area contributed by atoms with Gasteiger partial charge in [-0.05, 0) is 50.8 Å². The largest absolute Gasteiger partial charge is 0.301 e. The van der Waals surface area contributed by atoms with Gasteiger partial charge in [0, 0.05) is 25.7 Å². The highest BCUT2D eigenvalue weighted by Crippen LogP contribution is 2.21. The van der Waals surface area contributed by atoms with Gasteiger partial charge in [0.2, 0.25) is 0 Å². The highest BCUT2D eigenvalue weighted by atomic mass is 32.2. The van der Waals surface area contributed by atoms with E-state index >= 15 is 0 Å². The van der Waals surface area contributed by atoms with Gasteiger partial charge in [0.05, 0.1) is 0 Å². The van der Waals surface area contributed by atoms with Gasteiger partial charge in [0.15, 0.2) is 0 Å². The Bertz CT molecular complexity index is 198. The van der Waals surface area contributed by atoms with E-state index in [1.807, 2.05) is 11.8 Å². The zero-order chi connectivity index (χ0) is 11.2. The molecule has 1 unspecified atom stereocenters. The lowest BCUT2D eigenvalue weighted by molar-refractivity contribution is 0.103. The molecule has 2 aliphatic heterocycles. The normalized spacial score (nSPS) is 27.2. The van der Waals surface area contributed by atoms with Crippen molar-refractivity contribution in [2.75, 3.05) is 44.7 Å². The summed E-state index contributed by atoms with van der Waals surface area (Å²) in [6, 6.07) is 0.903. The Morgan fingerprint density at radius 2 is 2.06 bits per heavy atom. The molecule has 94 valence electrons. The van der Waals surface area contributed by atoms with Crippen LogP contribution in [-0.2, 0) is 0 Å². The zero-order valence-corrected chi connectivity index (χ0v) is 11.5. The van der Waals surface area contributed by atoms with Crippen molar-refractivity contribution in [1.29, 1.82) is 0 Å². The van der Waals surface area contributed by atoms with E-state index in [1.165, 1.54) is 70.6 Å². The monoisotopic (exact) mass is 242 g/mol. The molecule has 0 aromatic carbocycles. The molecule has 0 saturated carbocycles. The van der Waals surface area contributed by atoms with Crippen LogP contribution >= 0.6 is 11.8 Å². The smallest absolute Gasteiger partial charge is 0.0224 e. The van der Waals surface area contributed by atoms with Crippen molar-refractivity contribution in [3.63, 3.8) is 0 Å². The second kappa shape index (κ2) is 6.87. The number of nitrogens with zero attached hydrogens (tertiary/aromatic N) is 2. The Morgan fingerprint density at radius 1 is 1.12 bits per heavy atom. The molecule has 2 rings (SSSR count). The topological polar surface area (TPSA) is 6.48 Å². The Balaban J connectivity index is 1.56. The number of hydrogen-bond acceptors (Lipinski definition) is 3. The molecule has 16 heavy (non-hydrogen) atoms. The van der Waals surface area contributed by atoms with Crippen LogP contribution in [0.25, 0.3) is 0 Å². The fraction of sp³-hybridized carbons (Fsp3) is 1.00. The first kappa shape index (κ1) is 12.7. The third-order valence-electron chi connectivity index (χ3n) is 3.99. The van der Waals surface area contributed by atoms with Crippen LogP contribution in [0.4, 0.5) is 0 Å².